The molecule has 0 unspecified atom stereocenters. The number of nitrogens with zero attached hydrogens (tertiary/aromatic N) is 5. The van der Waals surface area contributed by atoms with Crippen LogP contribution in [-0.4, -0.2) is 35.2 Å². The Labute approximate surface area is 114 Å². The highest BCUT2D eigenvalue weighted by Gasteiger charge is 2.26. The molecule has 0 saturated heterocycles. The van der Waals surface area contributed by atoms with Crippen LogP contribution in [0.4, 0.5) is 5.82 Å². The van der Waals surface area contributed by atoms with E-state index in [0.717, 1.165) is 4.68 Å². The number of aryl methyl sites for hydroxylation is 1. The van der Waals surface area contributed by atoms with Crippen molar-refractivity contribution in [2.45, 2.75) is 6.92 Å². The van der Waals surface area contributed by atoms with Gasteiger partial charge < -0.3 is 15.2 Å². The second-order valence-corrected chi connectivity index (χ2v) is 4.82. The zero-order chi connectivity index (χ0) is 14.4. The standard InChI is InChI=1S/C10H7N5O4S/c1-5-6(9(16)17)4-14(12-5)7-8(15(18)19)13-2-3-20-10(13)11-7/h2-4H,1H3,(H,16,17). The zero-order valence-electron chi connectivity index (χ0n) is 10.0. The fraction of sp³-hybridized carbons (Fsp3) is 0.100. The molecular weight excluding hydrogens is 286 g/mol. The third-order valence-corrected chi connectivity index (χ3v) is 3.50. The molecule has 1 N–H and O–H groups in total. The molecule has 0 fully saturated rings. The number of rotatable bonds is 3. The van der Waals surface area contributed by atoms with Crippen LogP contribution in [-0.2, 0) is 0 Å². The highest BCUT2D eigenvalue weighted by atomic mass is 32.1. The van der Waals surface area contributed by atoms with Crippen LogP contribution in [0.1, 0.15) is 16.1 Å². The largest absolute Gasteiger partial charge is 0.478 e. The van der Waals surface area contributed by atoms with E-state index in [1.54, 1.807) is 5.38 Å². The van der Waals surface area contributed by atoms with E-state index < -0.39 is 10.9 Å². The molecule has 3 heterocycles. The first-order valence-corrected chi connectivity index (χ1v) is 6.27. The van der Waals surface area contributed by atoms with Crippen molar-refractivity contribution in [3.05, 3.63) is 39.1 Å². The smallest absolute Gasteiger partial charge is 0.375 e. The third-order valence-electron chi connectivity index (χ3n) is 2.74. The molecule has 3 aromatic heterocycles. The molecule has 3 rings (SSSR count). The van der Waals surface area contributed by atoms with E-state index in [9.17, 15) is 14.9 Å². The lowest BCUT2D eigenvalue weighted by Crippen LogP contribution is -2.01. The molecule has 0 aromatic carbocycles. The van der Waals surface area contributed by atoms with Gasteiger partial charge in [0.2, 0.25) is 0 Å². The molecule has 0 spiro atoms. The van der Waals surface area contributed by atoms with Gasteiger partial charge in [-0.3, -0.25) is 0 Å². The molecule has 20 heavy (non-hydrogen) atoms. The van der Waals surface area contributed by atoms with Crippen molar-refractivity contribution in [1.29, 1.82) is 0 Å². The van der Waals surface area contributed by atoms with Gasteiger partial charge in [0, 0.05) is 11.6 Å². The Morgan fingerprint density at radius 1 is 1.55 bits per heavy atom. The minimum Gasteiger partial charge on any atom is -0.478 e. The number of imidazole rings is 1. The maximum atomic E-state index is 11.2. The van der Waals surface area contributed by atoms with Gasteiger partial charge in [-0.05, 0) is 11.8 Å². The Morgan fingerprint density at radius 3 is 2.90 bits per heavy atom. The van der Waals surface area contributed by atoms with E-state index >= 15 is 0 Å². The number of hydrogen-bond acceptors (Lipinski definition) is 6. The summed E-state index contributed by atoms with van der Waals surface area (Å²) >= 11 is 1.24. The molecule has 9 nitrogen and oxygen atoms in total. The minimum absolute atomic E-state index is 0.00236. The number of fused-ring (bicyclic) bond motifs is 1. The molecule has 3 aromatic rings. The highest BCUT2D eigenvalue weighted by molar-refractivity contribution is 7.15. The van der Waals surface area contributed by atoms with E-state index in [1.165, 1.54) is 35.1 Å². The summed E-state index contributed by atoms with van der Waals surface area (Å²) in [4.78, 5) is 26.2. The van der Waals surface area contributed by atoms with Crippen LogP contribution >= 0.6 is 11.3 Å². The first-order chi connectivity index (χ1) is 9.49. The molecule has 102 valence electrons. The maximum Gasteiger partial charge on any atom is 0.375 e. The van der Waals surface area contributed by atoms with Crippen LogP contribution in [0.5, 0.6) is 0 Å². The van der Waals surface area contributed by atoms with Gasteiger partial charge in [0.25, 0.3) is 10.8 Å². The predicted octanol–water partition coefficient (Wildman–Crippen LogP) is 1.50. The summed E-state index contributed by atoms with van der Waals surface area (Å²) in [5, 5.41) is 25.8. The predicted molar refractivity (Wildman–Crippen MR) is 68.5 cm³/mol. The molecule has 0 aliphatic carbocycles. The average molecular weight is 293 g/mol. The summed E-state index contributed by atoms with van der Waals surface area (Å²) < 4.78 is 2.45. The lowest BCUT2D eigenvalue weighted by molar-refractivity contribution is -0.390. The molecule has 0 radical (unpaired) electrons. The van der Waals surface area contributed by atoms with Crippen LogP contribution in [0.2, 0.25) is 0 Å². The van der Waals surface area contributed by atoms with Crippen molar-refractivity contribution >= 4 is 28.1 Å². The fourth-order valence-electron chi connectivity index (χ4n) is 1.86. The monoisotopic (exact) mass is 293 g/mol. The molecule has 10 heteroatoms. The first-order valence-electron chi connectivity index (χ1n) is 5.39. The average Bonchev–Trinajstić information content (AvgIpc) is 2.99. The number of nitro groups is 1. The number of aromatic nitrogens is 4. The summed E-state index contributed by atoms with van der Waals surface area (Å²) in [7, 11) is 0. The lowest BCUT2D eigenvalue weighted by atomic mass is 10.3. The van der Waals surface area contributed by atoms with Crippen LogP contribution in [0, 0.1) is 17.0 Å². The number of carboxylic acid groups (broad SMARTS) is 1. The summed E-state index contributed by atoms with van der Waals surface area (Å²) in [5.74, 6) is -1.39. The van der Waals surface area contributed by atoms with Gasteiger partial charge in [-0.25, -0.2) is 9.48 Å². The third kappa shape index (κ3) is 1.66. The van der Waals surface area contributed by atoms with Gasteiger partial charge in [-0.2, -0.15) is 14.5 Å². The lowest BCUT2D eigenvalue weighted by Gasteiger charge is -1.97. The first kappa shape index (κ1) is 12.3. The van der Waals surface area contributed by atoms with Gasteiger partial charge in [0.05, 0.1) is 5.69 Å². The molecule has 0 bridgehead atoms. The number of aromatic carboxylic acids is 1. The molecule has 0 aliphatic rings. The van der Waals surface area contributed by atoms with Crippen molar-refractivity contribution in [3.8, 4) is 5.82 Å². The molecular formula is C10H7N5O4S. The summed E-state index contributed by atoms with van der Waals surface area (Å²) in [5.41, 5.74) is 0.249. The van der Waals surface area contributed by atoms with Gasteiger partial charge >= 0.3 is 11.8 Å². The van der Waals surface area contributed by atoms with Gasteiger partial charge in [-0.1, -0.05) is 11.3 Å². The SMILES string of the molecule is Cc1nn(-c2nc3sccn3c2[N+](=O)[O-])cc1C(=O)O. The van der Waals surface area contributed by atoms with Gasteiger partial charge in [0.15, 0.2) is 0 Å². The van der Waals surface area contributed by atoms with Gasteiger partial charge in [-0.15, -0.1) is 0 Å². The topological polar surface area (TPSA) is 116 Å². The Balaban J connectivity index is 2.26. The number of carboxylic acids is 1. The van der Waals surface area contributed by atoms with Gasteiger partial charge in [0.1, 0.15) is 11.8 Å². The van der Waals surface area contributed by atoms with E-state index in [-0.39, 0.29) is 22.9 Å². The minimum atomic E-state index is -1.14. The van der Waals surface area contributed by atoms with E-state index in [2.05, 4.69) is 10.1 Å². The normalized spacial score (nSPS) is 11.1. The van der Waals surface area contributed by atoms with Crippen LogP contribution in [0.15, 0.2) is 17.8 Å². The van der Waals surface area contributed by atoms with Crippen molar-refractivity contribution < 1.29 is 14.8 Å². The molecule has 0 atom stereocenters. The summed E-state index contributed by atoms with van der Waals surface area (Å²) in [6.07, 6.45) is 2.75. The maximum absolute atomic E-state index is 11.2. The van der Waals surface area contributed by atoms with Crippen LogP contribution < -0.4 is 0 Å². The zero-order valence-corrected chi connectivity index (χ0v) is 10.9. The number of carbonyl (C=O) groups is 1. The molecule has 0 saturated carbocycles. The second kappa shape index (κ2) is 4.13. The summed E-state index contributed by atoms with van der Waals surface area (Å²) in [6, 6.07) is 0. The Bertz CT molecular complexity index is 845. The highest BCUT2D eigenvalue weighted by Crippen LogP contribution is 2.27. The summed E-state index contributed by atoms with van der Waals surface area (Å²) in [6.45, 7) is 1.52. The van der Waals surface area contributed by atoms with Crippen molar-refractivity contribution in [2.24, 2.45) is 0 Å². The Kier molecular flexibility index (Phi) is 2.54. The van der Waals surface area contributed by atoms with Crippen molar-refractivity contribution in [2.75, 3.05) is 0 Å². The van der Waals surface area contributed by atoms with E-state index in [1.807, 2.05) is 0 Å². The van der Waals surface area contributed by atoms with Crippen LogP contribution in [0.25, 0.3) is 10.8 Å². The Morgan fingerprint density at radius 2 is 2.30 bits per heavy atom. The Hall–Kier alpha value is -2.75. The van der Waals surface area contributed by atoms with E-state index in [4.69, 9.17) is 5.11 Å². The van der Waals surface area contributed by atoms with E-state index in [0.29, 0.717) is 4.96 Å². The quantitative estimate of drug-likeness (QED) is 0.577. The number of thiazole rings is 1. The molecule has 0 aliphatic heterocycles. The van der Waals surface area contributed by atoms with Crippen LogP contribution in [0.3, 0.4) is 0 Å². The van der Waals surface area contributed by atoms with Crippen molar-refractivity contribution in [3.63, 3.8) is 0 Å². The fourth-order valence-corrected chi connectivity index (χ4v) is 2.57. The number of hydrogen-bond donors (Lipinski definition) is 1. The second-order valence-electron chi connectivity index (χ2n) is 3.95. The van der Waals surface area contributed by atoms with Crippen molar-refractivity contribution in [1.82, 2.24) is 19.2 Å². The molecule has 0 amide bonds.